The first-order valence-electron chi connectivity index (χ1n) is 14.0. The number of ether oxygens (including phenoxy) is 1. The van der Waals surface area contributed by atoms with Gasteiger partial charge in [0.05, 0.1) is 28.0 Å². The van der Waals surface area contributed by atoms with Gasteiger partial charge in [-0.05, 0) is 104 Å². The van der Waals surface area contributed by atoms with E-state index in [0.29, 0.717) is 42.7 Å². The van der Waals surface area contributed by atoms with Crippen LogP contribution in [0.3, 0.4) is 0 Å². The van der Waals surface area contributed by atoms with Crippen molar-refractivity contribution in [3.05, 3.63) is 52.1 Å². The van der Waals surface area contributed by atoms with Crippen molar-refractivity contribution in [3.63, 3.8) is 0 Å². The number of carbonyl (C=O) groups is 1. The van der Waals surface area contributed by atoms with E-state index in [-0.39, 0.29) is 11.5 Å². The molecule has 4 aliphatic rings. The molecule has 37 heavy (non-hydrogen) atoms. The molecule has 3 fully saturated rings. The Kier molecular flexibility index (Phi) is 7.31. The highest BCUT2D eigenvalue weighted by atomic mass is 127. The zero-order chi connectivity index (χ0) is 25.8. The zero-order valence-corrected chi connectivity index (χ0v) is 25.1. The van der Waals surface area contributed by atoms with Crippen molar-refractivity contribution in [3.8, 4) is 0 Å². The normalized spacial score (nSPS) is 25.7. The Balaban J connectivity index is 1.09. The summed E-state index contributed by atoms with van der Waals surface area (Å²) in [5.74, 6) is 1.27. The smallest absolute Gasteiger partial charge is 0.255 e. The summed E-state index contributed by atoms with van der Waals surface area (Å²) >= 11 is 4.00. The van der Waals surface area contributed by atoms with E-state index in [9.17, 15) is 9.59 Å². The quantitative estimate of drug-likeness (QED) is 0.328. The van der Waals surface area contributed by atoms with Crippen LogP contribution in [-0.4, -0.2) is 58.6 Å². The average molecular weight is 636 g/mol. The number of halogens is 1. The highest BCUT2D eigenvalue weighted by Gasteiger charge is 2.39. The highest BCUT2D eigenvalue weighted by molar-refractivity contribution is 14.1. The van der Waals surface area contributed by atoms with Crippen LogP contribution in [0.4, 0.5) is 0 Å². The summed E-state index contributed by atoms with van der Waals surface area (Å²) in [4.78, 5) is 36.2. The zero-order valence-electron chi connectivity index (χ0n) is 22.1. The molecule has 8 heteroatoms. The highest BCUT2D eigenvalue weighted by Crippen LogP contribution is 2.44. The fraction of sp³-hybridized carbons (Fsp3) is 0.655. The van der Waals surface area contributed by atoms with Crippen molar-refractivity contribution in [1.29, 1.82) is 0 Å². The van der Waals surface area contributed by atoms with Gasteiger partial charge in [0.1, 0.15) is 0 Å². The largest absolute Gasteiger partial charge is 0.372 e. The lowest BCUT2D eigenvalue weighted by Crippen LogP contribution is -2.57. The van der Waals surface area contributed by atoms with E-state index >= 15 is 0 Å². The predicted molar refractivity (Wildman–Crippen MR) is 156 cm³/mol. The van der Waals surface area contributed by atoms with Gasteiger partial charge >= 0.3 is 0 Å². The third kappa shape index (κ3) is 5.20. The van der Waals surface area contributed by atoms with Gasteiger partial charge in [0.2, 0.25) is 0 Å². The number of hydrogen-bond acceptors (Lipinski definition) is 5. The monoisotopic (exact) mass is 635 g/mol. The van der Waals surface area contributed by atoms with Gasteiger partial charge in [-0.15, -0.1) is 11.3 Å². The number of pyridine rings is 1. The minimum atomic E-state index is -0.0841. The first kappa shape index (κ1) is 26.0. The molecule has 1 atom stereocenters. The van der Waals surface area contributed by atoms with Crippen molar-refractivity contribution in [2.45, 2.75) is 96.4 Å². The van der Waals surface area contributed by atoms with Crippen molar-refractivity contribution < 1.29 is 9.53 Å². The number of carbonyl (C=O) groups excluding carboxylic acids is 1. The number of fused-ring (bicyclic) bond motifs is 1. The molecule has 0 radical (unpaired) electrons. The summed E-state index contributed by atoms with van der Waals surface area (Å²) in [5, 5.41) is 0. The number of aromatic nitrogens is 1. The molecule has 6 rings (SSSR count). The molecule has 1 amide bonds. The second-order valence-corrected chi connectivity index (χ2v) is 14.0. The van der Waals surface area contributed by atoms with Crippen molar-refractivity contribution >= 4 is 39.8 Å². The van der Waals surface area contributed by atoms with Gasteiger partial charge in [-0.3, -0.25) is 14.5 Å². The van der Waals surface area contributed by atoms with Gasteiger partial charge < -0.3 is 14.6 Å². The minimum absolute atomic E-state index is 0.0841. The van der Waals surface area contributed by atoms with Gasteiger partial charge in [-0.1, -0.05) is 6.92 Å². The molecule has 2 saturated carbocycles. The number of aromatic amines is 1. The van der Waals surface area contributed by atoms with Crippen LogP contribution in [0.5, 0.6) is 0 Å². The van der Waals surface area contributed by atoms with Crippen LogP contribution in [0.1, 0.15) is 88.2 Å². The molecular weight excluding hydrogens is 597 g/mol. The van der Waals surface area contributed by atoms with Crippen LogP contribution in [0, 0.1) is 23.5 Å². The first-order chi connectivity index (χ1) is 17.8. The van der Waals surface area contributed by atoms with E-state index < -0.39 is 0 Å². The molecule has 4 heterocycles. The van der Waals surface area contributed by atoms with Crippen LogP contribution in [-0.2, 0) is 17.7 Å². The molecular formula is C29H38IN3O3S. The molecule has 0 bridgehead atoms. The number of thiophene rings is 1. The van der Waals surface area contributed by atoms with Crippen LogP contribution in [0.2, 0.25) is 0 Å². The maximum absolute atomic E-state index is 13.6. The molecule has 0 aromatic carbocycles. The van der Waals surface area contributed by atoms with E-state index in [2.05, 4.69) is 46.3 Å². The topological polar surface area (TPSA) is 65.6 Å². The first-order valence-corrected chi connectivity index (χ1v) is 15.9. The van der Waals surface area contributed by atoms with E-state index in [1.54, 1.807) is 0 Å². The molecule has 1 N–H and O–H groups in total. The summed E-state index contributed by atoms with van der Waals surface area (Å²) < 4.78 is 6.89. The lowest BCUT2D eigenvalue weighted by molar-refractivity contribution is -0.0860. The molecule has 6 nitrogen and oxygen atoms in total. The number of nitrogens with zero attached hydrogens (tertiary/aromatic N) is 2. The third-order valence-electron chi connectivity index (χ3n) is 9.21. The molecule has 2 aliphatic heterocycles. The predicted octanol–water partition coefficient (Wildman–Crippen LogP) is 5.38. The molecule has 0 spiro atoms. The van der Waals surface area contributed by atoms with E-state index in [1.807, 2.05) is 29.2 Å². The molecule has 2 aromatic rings. The standard InChI is InChI=1S/C29H38IN3O3S/c1-16-12-25(30)31-28(34)23(16)15-32-11-10-24-26(29(32)35)18(3)27(37-24)17(2)19-4-6-20(7-5-19)33-13-22(14-33)36-21-8-9-21/h12,17,19-22H,4-11,13-15H2,1-3H3,(H,31,34)/t17-,19?,20?/m1/s1. The van der Waals surface area contributed by atoms with E-state index in [1.165, 1.54) is 53.8 Å². The van der Waals surface area contributed by atoms with Crippen LogP contribution in [0.25, 0.3) is 0 Å². The fourth-order valence-corrected chi connectivity index (χ4v) is 8.85. The number of H-pyrrole nitrogens is 1. The van der Waals surface area contributed by atoms with E-state index in [0.717, 1.165) is 40.4 Å². The number of nitrogens with one attached hydrogen (secondary N) is 1. The number of likely N-dealkylation sites (tertiary alicyclic amines) is 1. The SMILES string of the molecule is Cc1cc(I)[nH]c(=O)c1CN1CCc2sc([C@H](C)C3CCC(N4CC(OC5CC5)C4)CC3)c(C)c2C1=O. The average Bonchev–Trinajstić information content (AvgIpc) is 3.60. The van der Waals surface area contributed by atoms with Crippen LogP contribution >= 0.6 is 33.9 Å². The summed E-state index contributed by atoms with van der Waals surface area (Å²) in [6.07, 6.45) is 9.57. The van der Waals surface area contributed by atoms with Crippen molar-refractivity contribution in [1.82, 2.24) is 14.8 Å². The number of amides is 1. The van der Waals surface area contributed by atoms with Gasteiger partial charge in [0.15, 0.2) is 0 Å². The number of rotatable bonds is 7. The Morgan fingerprint density at radius 1 is 1.11 bits per heavy atom. The summed E-state index contributed by atoms with van der Waals surface area (Å²) in [7, 11) is 0. The summed E-state index contributed by atoms with van der Waals surface area (Å²) in [5.41, 5.74) is 3.65. The Hall–Kier alpha value is -1.23. The molecule has 1 saturated heterocycles. The third-order valence-corrected chi connectivity index (χ3v) is 11.3. The van der Waals surface area contributed by atoms with Gasteiger partial charge in [-0.25, -0.2) is 0 Å². The number of aryl methyl sites for hydroxylation is 1. The second kappa shape index (κ2) is 10.4. The molecule has 2 aromatic heterocycles. The Labute approximate surface area is 237 Å². The van der Waals surface area contributed by atoms with Crippen molar-refractivity contribution in [2.24, 2.45) is 5.92 Å². The molecule has 200 valence electrons. The Morgan fingerprint density at radius 2 is 1.84 bits per heavy atom. The fourth-order valence-electron chi connectivity index (χ4n) is 6.70. The van der Waals surface area contributed by atoms with Gasteiger partial charge in [-0.2, -0.15) is 0 Å². The molecule has 2 aliphatic carbocycles. The maximum atomic E-state index is 13.6. The lowest BCUT2D eigenvalue weighted by Gasteiger charge is -2.47. The Bertz CT molecular complexity index is 1240. The minimum Gasteiger partial charge on any atom is -0.372 e. The van der Waals surface area contributed by atoms with Crippen LogP contribution < -0.4 is 5.56 Å². The number of hydrogen-bond donors (Lipinski definition) is 1. The van der Waals surface area contributed by atoms with Gasteiger partial charge in [0.25, 0.3) is 11.5 Å². The van der Waals surface area contributed by atoms with E-state index in [4.69, 9.17) is 4.74 Å². The summed E-state index contributed by atoms with van der Waals surface area (Å²) in [6, 6.07) is 2.70. The van der Waals surface area contributed by atoms with Gasteiger partial charge in [0, 0.05) is 47.4 Å². The second-order valence-electron chi connectivity index (χ2n) is 11.7. The van der Waals surface area contributed by atoms with Crippen LogP contribution in [0.15, 0.2) is 10.9 Å². The maximum Gasteiger partial charge on any atom is 0.255 e. The Morgan fingerprint density at radius 3 is 2.51 bits per heavy atom. The molecule has 0 unspecified atom stereocenters. The lowest BCUT2D eigenvalue weighted by atomic mass is 9.76. The summed E-state index contributed by atoms with van der Waals surface area (Å²) in [6.45, 7) is 9.81. The van der Waals surface area contributed by atoms with Crippen molar-refractivity contribution in [2.75, 3.05) is 19.6 Å².